The van der Waals surface area contributed by atoms with Crippen LogP contribution in [0.15, 0.2) is 47.7 Å². The number of aromatic nitrogens is 2. The Labute approximate surface area is 184 Å². The van der Waals surface area contributed by atoms with E-state index in [1.54, 1.807) is 24.2 Å². The molecule has 1 atom stereocenters. The molecule has 1 aliphatic heterocycles. The predicted molar refractivity (Wildman–Crippen MR) is 124 cm³/mol. The highest BCUT2D eigenvalue weighted by molar-refractivity contribution is 8.14. The van der Waals surface area contributed by atoms with E-state index in [-0.39, 0.29) is 12.5 Å². The molecule has 8 heteroatoms. The molecular formula is C23H24N4O3S. The summed E-state index contributed by atoms with van der Waals surface area (Å²) in [6.45, 7) is 0. The molecule has 3 heterocycles. The molecule has 5 rings (SSSR count). The van der Waals surface area contributed by atoms with Gasteiger partial charge in [-0.3, -0.25) is 14.8 Å². The van der Waals surface area contributed by atoms with Gasteiger partial charge in [-0.05, 0) is 37.1 Å². The number of hydrogen-bond donors (Lipinski definition) is 3. The number of aliphatic carboxylic acids is 1. The molecule has 0 radical (unpaired) electrons. The fourth-order valence-corrected chi connectivity index (χ4v) is 5.24. The van der Waals surface area contributed by atoms with Gasteiger partial charge in [0.2, 0.25) is 0 Å². The minimum Gasteiger partial charge on any atom is -0.481 e. The first kappa shape index (κ1) is 19.9. The van der Waals surface area contributed by atoms with Crippen LogP contribution in [-0.4, -0.2) is 43.9 Å². The zero-order valence-electron chi connectivity index (χ0n) is 17.0. The Kier molecular flexibility index (Phi) is 5.55. The van der Waals surface area contributed by atoms with E-state index >= 15 is 0 Å². The third kappa shape index (κ3) is 4.54. The summed E-state index contributed by atoms with van der Waals surface area (Å²) in [6.07, 6.45) is 8.32. The Morgan fingerprint density at radius 1 is 1.26 bits per heavy atom. The standard InChI is InChI=1S/C23H24N4O3S/c28-21(29)10-16-13-31-23(26-16)20-9-14-8-18(30-17-6-3-7-24-12-17)11-19(22(14)27-20)25-15-4-1-2-5-15/h3,6-9,11-12,15-16,25,27H,1-2,4-5,10,13H2,(H,28,29)/t16-/m1/s1. The number of carbonyl (C=O) groups is 1. The number of aromatic amines is 1. The van der Waals surface area contributed by atoms with Gasteiger partial charge in [0.1, 0.15) is 16.5 Å². The van der Waals surface area contributed by atoms with E-state index in [4.69, 9.17) is 9.84 Å². The largest absolute Gasteiger partial charge is 0.481 e. The van der Waals surface area contributed by atoms with Gasteiger partial charge >= 0.3 is 5.97 Å². The number of ether oxygens (including phenoxy) is 1. The summed E-state index contributed by atoms with van der Waals surface area (Å²) in [7, 11) is 0. The van der Waals surface area contributed by atoms with Gasteiger partial charge in [-0.2, -0.15) is 0 Å². The second-order valence-electron chi connectivity index (χ2n) is 8.03. The molecule has 0 unspecified atom stereocenters. The molecule has 160 valence electrons. The maximum Gasteiger partial charge on any atom is 0.305 e. The molecule has 1 saturated carbocycles. The highest BCUT2D eigenvalue weighted by atomic mass is 32.2. The third-order valence-electron chi connectivity index (χ3n) is 5.64. The number of fused-ring (bicyclic) bond motifs is 1. The van der Waals surface area contributed by atoms with Crippen LogP contribution in [0.3, 0.4) is 0 Å². The second kappa shape index (κ2) is 8.63. The van der Waals surface area contributed by atoms with Gasteiger partial charge in [0.15, 0.2) is 0 Å². The average molecular weight is 437 g/mol. The highest BCUT2D eigenvalue weighted by Crippen LogP contribution is 2.35. The van der Waals surface area contributed by atoms with Gasteiger partial charge < -0.3 is 20.1 Å². The molecule has 1 aromatic carbocycles. The molecular weight excluding hydrogens is 412 g/mol. The van der Waals surface area contributed by atoms with Crippen molar-refractivity contribution in [1.29, 1.82) is 0 Å². The van der Waals surface area contributed by atoms with Crippen molar-refractivity contribution in [2.24, 2.45) is 4.99 Å². The molecule has 0 spiro atoms. The van der Waals surface area contributed by atoms with Crippen molar-refractivity contribution >= 4 is 39.4 Å². The van der Waals surface area contributed by atoms with Gasteiger partial charge in [-0.25, -0.2) is 0 Å². The number of nitrogens with one attached hydrogen (secondary N) is 2. The first-order chi connectivity index (χ1) is 15.1. The number of nitrogens with zero attached hydrogens (tertiary/aromatic N) is 2. The van der Waals surface area contributed by atoms with Crippen molar-refractivity contribution in [3.05, 3.63) is 48.4 Å². The summed E-state index contributed by atoms with van der Waals surface area (Å²) in [6, 6.07) is 10.1. The topological polar surface area (TPSA) is 99.6 Å². The van der Waals surface area contributed by atoms with Crippen LogP contribution in [0.4, 0.5) is 5.69 Å². The number of carboxylic acid groups (broad SMARTS) is 1. The van der Waals surface area contributed by atoms with Gasteiger partial charge in [-0.1, -0.05) is 12.8 Å². The summed E-state index contributed by atoms with van der Waals surface area (Å²) in [5, 5.41) is 14.6. The van der Waals surface area contributed by atoms with Gasteiger partial charge in [0.25, 0.3) is 0 Å². The fourth-order valence-electron chi connectivity index (χ4n) is 4.21. The molecule has 1 fully saturated rings. The smallest absolute Gasteiger partial charge is 0.305 e. The molecule has 3 aromatic rings. The third-order valence-corrected chi connectivity index (χ3v) is 6.79. The van der Waals surface area contributed by atoms with Crippen LogP contribution in [0.1, 0.15) is 37.8 Å². The number of anilines is 1. The molecule has 0 saturated heterocycles. The highest BCUT2D eigenvalue weighted by Gasteiger charge is 2.24. The number of thioether (sulfide) groups is 1. The van der Waals surface area contributed by atoms with Crippen molar-refractivity contribution in [2.45, 2.75) is 44.2 Å². The lowest BCUT2D eigenvalue weighted by atomic mass is 10.1. The van der Waals surface area contributed by atoms with Crippen LogP contribution in [0.5, 0.6) is 11.5 Å². The van der Waals surface area contributed by atoms with E-state index in [1.807, 2.05) is 24.3 Å². The van der Waals surface area contributed by atoms with Gasteiger partial charge in [0, 0.05) is 29.4 Å². The Morgan fingerprint density at radius 2 is 2.13 bits per heavy atom. The number of pyridine rings is 1. The Hall–Kier alpha value is -3.00. The zero-order chi connectivity index (χ0) is 21.2. The molecule has 3 N–H and O–H groups in total. The number of H-pyrrole nitrogens is 1. The van der Waals surface area contributed by atoms with Crippen molar-refractivity contribution in [3.63, 3.8) is 0 Å². The van der Waals surface area contributed by atoms with Crippen LogP contribution in [0.25, 0.3) is 10.9 Å². The van der Waals surface area contributed by atoms with Crippen molar-refractivity contribution in [3.8, 4) is 11.5 Å². The van der Waals surface area contributed by atoms with Crippen LogP contribution in [-0.2, 0) is 4.79 Å². The van der Waals surface area contributed by atoms with Crippen molar-refractivity contribution < 1.29 is 14.6 Å². The zero-order valence-corrected chi connectivity index (χ0v) is 17.8. The number of hydrogen-bond acceptors (Lipinski definition) is 6. The van der Waals surface area contributed by atoms with Crippen LogP contribution in [0.2, 0.25) is 0 Å². The normalized spacial score (nSPS) is 19.0. The van der Waals surface area contributed by atoms with Gasteiger partial charge in [-0.15, -0.1) is 11.8 Å². The van der Waals surface area contributed by atoms with Crippen molar-refractivity contribution in [1.82, 2.24) is 9.97 Å². The lowest BCUT2D eigenvalue weighted by Crippen LogP contribution is -2.14. The quantitative estimate of drug-likeness (QED) is 0.479. The van der Waals surface area contributed by atoms with Gasteiger partial charge in [0.05, 0.1) is 35.6 Å². The lowest BCUT2D eigenvalue weighted by Gasteiger charge is -2.16. The number of rotatable bonds is 7. The molecule has 31 heavy (non-hydrogen) atoms. The second-order valence-corrected chi connectivity index (χ2v) is 9.04. The van der Waals surface area contributed by atoms with Crippen LogP contribution in [0, 0.1) is 0 Å². The first-order valence-electron chi connectivity index (χ1n) is 10.6. The lowest BCUT2D eigenvalue weighted by molar-refractivity contribution is -0.137. The number of carboxylic acids is 1. The molecule has 2 aliphatic rings. The summed E-state index contributed by atoms with van der Waals surface area (Å²) >= 11 is 1.60. The van der Waals surface area contributed by atoms with E-state index in [1.165, 1.54) is 25.7 Å². The summed E-state index contributed by atoms with van der Waals surface area (Å²) in [5.41, 5.74) is 2.95. The van der Waals surface area contributed by atoms with Crippen LogP contribution < -0.4 is 10.1 Å². The Bertz CT molecular complexity index is 1120. The molecule has 7 nitrogen and oxygen atoms in total. The van der Waals surface area contributed by atoms with E-state index in [0.717, 1.165) is 33.1 Å². The number of aliphatic imine (C=N–C) groups is 1. The summed E-state index contributed by atoms with van der Waals surface area (Å²) in [5.74, 6) is 1.32. The maximum absolute atomic E-state index is 11.0. The van der Waals surface area contributed by atoms with Crippen molar-refractivity contribution in [2.75, 3.05) is 11.1 Å². The molecule has 1 aliphatic carbocycles. The van der Waals surface area contributed by atoms with E-state index in [0.29, 0.717) is 17.5 Å². The SMILES string of the molecule is O=C(O)C[C@@H]1CSC(c2cc3cc(Oc4cccnc4)cc(NC4CCCC4)c3[nH]2)=N1. The first-order valence-corrected chi connectivity index (χ1v) is 11.6. The van der Waals surface area contributed by atoms with E-state index < -0.39 is 5.97 Å². The average Bonchev–Trinajstić information content (AvgIpc) is 3.49. The molecule has 0 amide bonds. The predicted octanol–water partition coefficient (Wildman–Crippen LogP) is 5.05. The van der Waals surface area contributed by atoms with E-state index in [2.05, 4.69) is 26.3 Å². The molecule has 2 aromatic heterocycles. The number of benzene rings is 1. The fraction of sp³-hybridized carbons (Fsp3) is 0.348. The Morgan fingerprint density at radius 3 is 2.90 bits per heavy atom. The summed E-state index contributed by atoms with van der Waals surface area (Å²) in [4.78, 5) is 23.3. The van der Waals surface area contributed by atoms with E-state index in [9.17, 15) is 4.79 Å². The summed E-state index contributed by atoms with van der Waals surface area (Å²) < 4.78 is 6.07. The Balaban J connectivity index is 1.49. The maximum atomic E-state index is 11.0. The monoisotopic (exact) mass is 436 g/mol. The minimum atomic E-state index is -0.813. The molecule has 0 bridgehead atoms. The van der Waals surface area contributed by atoms with Crippen LogP contribution >= 0.6 is 11.8 Å². The minimum absolute atomic E-state index is 0.0638.